The highest BCUT2D eigenvalue weighted by Crippen LogP contribution is 2.22. The Hall–Kier alpha value is -1.12. The van der Waals surface area contributed by atoms with E-state index >= 15 is 0 Å². The standard InChI is InChI=1S/C18H26N2/c1-2-11-20-12-9-17(10-13-20)19-18-8-7-15-5-3-4-6-16(15)14-18/h2-6,17-19H,1,7-14H2. The molecule has 1 unspecified atom stereocenters. The normalized spacial score (nSPS) is 24.3. The lowest BCUT2D eigenvalue weighted by Gasteiger charge is -2.35. The summed E-state index contributed by atoms with van der Waals surface area (Å²) in [6.07, 6.45) is 8.33. The fourth-order valence-corrected chi connectivity index (χ4v) is 3.64. The number of hydrogen-bond donors (Lipinski definition) is 1. The van der Waals surface area contributed by atoms with Crippen LogP contribution in [0.2, 0.25) is 0 Å². The molecule has 0 aromatic heterocycles. The van der Waals surface area contributed by atoms with Crippen LogP contribution < -0.4 is 5.32 Å². The molecule has 3 rings (SSSR count). The number of aryl methyl sites for hydroxylation is 1. The summed E-state index contributed by atoms with van der Waals surface area (Å²) in [6.45, 7) is 7.31. The summed E-state index contributed by atoms with van der Waals surface area (Å²) in [5, 5.41) is 3.91. The summed E-state index contributed by atoms with van der Waals surface area (Å²) in [5.74, 6) is 0. The summed E-state index contributed by atoms with van der Waals surface area (Å²) in [4.78, 5) is 2.50. The molecule has 1 N–H and O–H groups in total. The van der Waals surface area contributed by atoms with Gasteiger partial charge in [0.15, 0.2) is 0 Å². The van der Waals surface area contributed by atoms with Crippen LogP contribution in [-0.4, -0.2) is 36.6 Å². The van der Waals surface area contributed by atoms with Crippen LogP contribution in [0.3, 0.4) is 0 Å². The maximum absolute atomic E-state index is 3.91. The van der Waals surface area contributed by atoms with Crippen LogP contribution in [0.25, 0.3) is 0 Å². The van der Waals surface area contributed by atoms with Gasteiger partial charge in [-0.15, -0.1) is 6.58 Å². The monoisotopic (exact) mass is 270 g/mol. The first kappa shape index (κ1) is 13.8. The molecule has 20 heavy (non-hydrogen) atoms. The van der Waals surface area contributed by atoms with Crippen molar-refractivity contribution in [3.8, 4) is 0 Å². The van der Waals surface area contributed by atoms with Gasteiger partial charge in [0.2, 0.25) is 0 Å². The minimum absolute atomic E-state index is 0.681. The van der Waals surface area contributed by atoms with Crippen LogP contribution in [0, 0.1) is 0 Å². The Morgan fingerprint density at radius 3 is 2.60 bits per heavy atom. The molecule has 2 nitrogen and oxygen atoms in total. The summed E-state index contributed by atoms with van der Waals surface area (Å²) in [5.41, 5.74) is 3.12. The second kappa shape index (κ2) is 6.55. The van der Waals surface area contributed by atoms with E-state index in [4.69, 9.17) is 0 Å². The zero-order chi connectivity index (χ0) is 13.8. The van der Waals surface area contributed by atoms with Gasteiger partial charge in [-0.1, -0.05) is 30.3 Å². The largest absolute Gasteiger partial charge is 0.311 e. The zero-order valence-corrected chi connectivity index (χ0v) is 12.4. The van der Waals surface area contributed by atoms with E-state index in [1.54, 1.807) is 11.1 Å². The molecule has 108 valence electrons. The van der Waals surface area contributed by atoms with E-state index in [2.05, 4.69) is 41.1 Å². The third-order valence-corrected chi connectivity index (χ3v) is 4.79. The Morgan fingerprint density at radius 1 is 1.10 bits per heavy atom. The molecule has 1 aliphatic heterocycles. The van der Waals surface area contributed by atoms with Crippen molar-refractivity contribution in [3.05, 3.63) is 48.0 Å². The fourth-order valence-electron chi connectivity index (χ4n) is 3.64. The van der Waals surface area contributed by atoms with Gasteiger partial charge in [-0.05, 0) is 56.3 Å². The van der Waals surface area contributed by atoms with Crippen molar-refractivity contribution < 1.29 is 0 Å². The van der Waals surface area contributed by atoms with Crippen LogP contribution in [0.1, 0.15) is 30.4 Å². The fraction of sp³-hybridized carbons (Fsp3) is 0.556. The van der Waals surface area contributed by atoms with Crippen molar-refractivity contribution >= 4 is 0 Å². The average molecular weight is 270 g/mol. The highest BCUT2D eigenvalue weighted by Gasteiger charge is 2.23. The van der Waals surface area contributed by atoms with Crippen molar-refractivity contribution in [2.75, 3.05) is 19.6 Å². The molecule has 1 heterocycles. The maximum Gasteiger partial charge on any atom is 0.0160 e. The topological polar surface area (TPSA) is 15.3 Å². The molecular formula is C18H26N2. The van der Waals surface area contributed by atoms with Gasteiger partial charge in [-0.3, -0.25) is 4.90 Å². The van der Waals surface area contributed by atoms with Gasteiger partial charge >= 0.3 is 0 Å². The first-order valence-corrected chi connectivity index (χ1v) is 8.01. The van der Waals surface area contributed by atoms with Crippen molar-refractivity contribution in [1.29, 1.82) is 0 Å². The number of hydrogen-bond acceptors (Lipinski definition) is 2. The van der Waals surface area contributed by atoms with Crippen LogP contribution in [0.15, 0.2) is 36.9 Å². The highest BCUT2D eigenvalue weighted by molar-refractivity contribution is 5.30. The predicted molar refractivity (Wildman–Crippen MR) is 85.0 cm³/mol. The summed E-state index contributed by atoms with van der Waals surface area (Å²) in [6, 6.07) is 10.3. The van der Waals surface area contributed by atoms with Gasteiger partial charge in [0.1, 0.15) is 0 Å². The molecule has 2 aliphatic rings. The van der Waals surface area contributed by atoms with Gasteiger partial charge in [-0.25, -0.2) is 0 Å². The highest BCUT2D eigenvalue weighted by atomic mass is 15.1. The number of likely N-dealkylation sites (tertiary alicyclic amines) is 1. The lowest BCUT2D eigenvalue weighted by molar-refractivity contribution is 0.204. The lowest BCUT2D eigenvalue weighted by atomic mass is 9.87. The summed E-state index contributed by atoms with van der Waals surface area (Å²) >= 11 is 0. The Balaban J connectivity index is 1.49. The molecule has 0 radical (unpaired) electrons. The van der Waals surface area contributed by atoms with Crippen molar-refractivity contribution in [2.24, 2.45) is 0 Å². The average Bonchev–Trinajstić information content (AvgIpc) is 2.49. The maximum atomic E-state index is 3.91. The van der Waals surface area contributed by atoms with E-state index in [1.807, 2.05) is 6.08 Å². The predicted octanol–water partition coefficient (Wildman–Crippen LogP) is 2.78. The molecule has 1 aromatic rings. The van der Waals surface area contributed by atoms with E-state index < -0.39 is 0 Å². The number of nitrogens with zero attached hydrogens (tertiary/aromatic N) is 1. The third kappa shape index (κ3) is 3.31. The molecule has 0 spiro atoms. The number of nitrogens with one attached hydrogen (secondary N) is 1. The molecule has 1 saturated heterocycles. The van der Waals surface area contributed by atoms with Gasteiger partial charge in [0.05, 0.1) is 0 Å². The molecule has 1 fully saturated rings. The molecule has 1 atom stereocenters. The molecule has 0 bridgehead atoms. The van der Waals surface area contributed by atoms with Crippen LogP contribution in [-0.2, 0) is 12.8 Å². The number of piperidine rings is 1. The van der Waals surface area contributed by atoms with Crippen LogP contribution in [0.5, 0.6) is 0 Å². The second-order valence-corrected chi connectivity index (χ2v) is 6.24. The zero-order valence-electron chi connectivity index (χ0n) is 12.4. The number of fused-ring (bicyclic) bond motifs is 1. The first-order chi connectivity index (χ1) is 9.85. The van der Waals surface area contributed by atoms with Crippen molar-refractivity contribution in [2.45, 2.75) is 44.2 Å². The quantitative estimate of drug-likeness (QED) is 0.846. The SMILES string of the molecule is C=CCN1CCC(NC2CCc3ccccc3C2)CC1. The first-order valence-electron chi connectivity index (χ1n) is 8.01. The summed E-state index contributed by atoms with van der Waals surface area (Å²) in [7, 11) is 0. The van der Waals surface area contributed by atoms with Crippen molar-refractivity contribution in [3.63, 3.8) is 0 Å². The lowest BCUT2D eigenvalue weighted by Crippen LogP contribution is -2.47. The second-order valence-electron chi connectivity index (χ2n) is 6.24. The van der Waals surface area contributed by atoms with Crippen molar-refractivity contribution in [1.82, 2.24) is 10.2 Å². The molecule has 1 aromatic carbocycles. The molecule has 0 saturated carbocycles. The van der Waals surface area contributed by atoms with Gasteiger partial charge < -0.3 is 5.32 Å². The van der Waals surface area contributed by atoms with Crippen LogP contribution in [0.4, 0.5) is 0 Å². The summed E-state index contributed by atoms with van der Waals surface area (Å²) < 4.78 is 0. The Bertz CT molecular complexity index is 446. The van der Waals surface area contributed by atoms with Gasteiger partial charge in [0, 0.05) is 18.6 Å². The number of benzene rings is 1. The van der Waals surface area contributed by atoms with E-state index in [-0.39, 0.29) is 0 Å². The van der Waals surface area contributed by atoms with E-state index in [1.165, 1.54) is 45.2 Å². The number of rotatable bonds is 4. The molecule has 0 amide bonds. The Kier molecular flexibility index (Phi) is 4.54. The Morgan fingerprint density at radius 2 is 1.85 bits per heavy atom. The van der Waals surface area contributed by atoms with E-state index in [0.717, 1.165) is 6.54 Å². The van der Waals surface area contributed by atoms with Gasteiger partial charge in [0.25, 0.3) is 0 Å². The third-order valence-electron chi connectivity index (χ3n) is 4.79. The van der Waals surface area contributed by atoms with Crippen LogP contribution >= 0.6 is 0 Å². The smallest absolute Gasteiger partial charge is 0.0160 e. The Labute approximate surface area is 122 Å². The van der Waals surface area contributed by atoms with E-state index in [9.17, 15) is 0 Å². The molecule has 1 aliphatic carbocycles. The molecule has 2 heteroatoms. The van der Waals surface area contributed by atoms with Gasteiger partial charge in [-0.2, -0.15) is 0 Å². The van der Waals surface area contributed by atoms with E-state index in [0.29, 0.717) is 12.1 Å². The minimum Gasteiger partial charge on any atom is -0.311 e. The molecular weight excluding hydrogens is 244 g/mol. The minimum atomic E-state index is 0.681.